The van der Waals surface area contributed by atoms with Crippen molar-refractivity contribution in [3.63, 3.8) is 0 Å². The first kappa shape index (κ1) is 18.1. The summed E-state index contributed by atoms with van der Waals surface area (Å²) >= 11 is 0. The van der Waals surface area contributed by atoms with Gasteiger partial charge in [0.2, 0.25) is 5.91 Å². The van der Waals surface area contributed by atoms with Gasteiger partial charge in [-0.3, -0.25) is 19.8 Å². The first-order valence-corrected chi connectivity index (χ1v) is 6.47. The van der Waals surface area contributed by atoms with Crippen molar-refractivity contribution in [3.05, 3.63) is 12.7 Å². The van der Waals surface area contributed by atoms with Crippen LogP contribution in [0.1, 0.15) is 20.3 Å². The molecule has 0 aromatic rings. The number of nitrogens with zero attached hydrogens (tertiary/aromatic N) is 1. The maximum absolute atomic E-state index is 11.6. The van der Waals surface area contributed by atoms with E-state index < -0.39 is 17.9 Å². The number of carboxylic acid groups (broad SMARTS) is 1. The van der Waals surface area contributed by atoms with Crippen LogP contribution in [-0.4, -0.2) is 54.1 Å². The van der Waals surface area contributed by atoms with Crippen LogP contribution in [0, 0.1) is 5.92 Å². The van der Waals surface area contributed by atoms with Gasteiger partial charge in [0.15, 0.2) is 0 Å². The number of carboxylic acids is 1. The zero-order chi connectivity index (χ0) is 15.5. The summed E-state index contributed by atoms with van der Waals surface area (Å²) in [5, 5.41) is 13.4. The SMILES string of the molecule is C=CCN(CC(=O)O)CC(=O)NC(=O)NCCC(C)C. The highest BCUT2D eigenvalue weighted by Crippen LogP contribution is 1.96. The van der Waals surface area contributed by atoms with Gasteiger partial charge in [0.25, 0.3) is 0 Å². The fourth-order valence-electron chi connectivity index (χ4n) is 1.45. The molecule has 0 rings (SSSR count). The fraction of sp³-hybridized carbons (Fsp3) is 0.615. The summed E-state index contributed by atoms with van der Waals surface area (Å²) in [6.07, 6.45) is 2.32. The number of imide groups is 1. The third-order valence-electron chi connectivity index (χ3n) is 2.37. The van der Waals surface area contributed by atoms with Gasteiger partial charge in [-0.25, -0.2) is 4.79 Å². The number of hydrogen-bond donors (Lipinski definition) is 3. The van der Waals surface area contributed by atoms with Crippen molar-refractivity contribution in [2.24, 2.45) is 5.92 Å². The Labute approximate surface area is 119 Å². The molecule has 0 bridgehead atoms. The second-order valence-corrected chi connectivity index (χ2v) is 4.84. The zero-order valence-corrected chi connectivity index (χ0v) is 12.0. The highest BCUT2D eigenvalue weighted by molar-refractivity contribution is 5.95. The lowest BCUT2D eigenvalue weighted by molar-refractivity contribution is -0.138. The van der Waals surface area contributed by atoms with Crippen LogP contribution in [0.2, 0.25) is 0 Å². The minimum atomic E-state index is -1.04. The number of aliphatic carboxylic acids is 1. The molecule has 0 aliphatic carbocycles. The number of hydrogen-bond acceptors (Lipinski definition) is 4. The number of amides is 3. The molecule has 0 saturated heterocycles. The lowest BCUT2D eigenvalue weighted by Gasteiger charge is -2.17. The third-order valence-corrected chi connectivity index (χ3v) is 2.37. The molecule has 0 unspecified atom stereocenters. The van der Waals surface area contributed by atoms with E-state index in [-0.39, 0.29) is 19.6 Å². The van der Waals surface area contributed by atoms with E-state index in [1.807, 2.05) is 13.8 Å². The van der Waals surface area contributed by atoms with Crippen LogP contribution < -0.4 is 10.6 Å². The molecule has 0 heterocycles. The van der Waals surface area contributed by atoms with Gasteiger partial charge >= 0.3 is 12.0 Å². The summed E-state index contributed by atoms with van der Waals surface area (Å²) < 4.78 is 0. The Morgan fingerprint density at radius 1 is 1.30 bits per heavy atom. The number of nitrogens with one attached hydrogen (secondary N) is 2. The van der Waals surface area contributed by atoms with Gasteiger partial charge in [-0.2, -0.15) is 0 Å². The minimum absolute atomic E-state index is 0.171. The Hall–Kier alpha value is -1.89. The van der Waals surface area contributed by atoms with Gasteiger partial charge in [-0.05, 0) is 12.3 Å². The van der Waals surface area contributed by atoms with Crippen molar-refractivity contribution < 1.29 is 19.5 Å². The Bertz CT molecular complexity index is 356. The van der Waals surface area contributed by atoms with Gasteiger partial charge < -0.3 is 10.4 Å². The molecule has 20 heavy (non-hydrogen) atoms. The molecule has 0 fully saturated rings. The molecule has 0 radical (unpaired) electrons. The summed E-state index contributed by atoms with van der Waals surface area (Å²) in [5.41, 5.74) is 0. The van der Waals surface area contributed by atoms with Gasteiger partial charge in [0.05, 0.1) is 13.1 Å². The summed E-state index contributed by atoms with van der Waals surface area (Å²) in [6.45, 7) is 7.84. The molecule has 0 spiro atoms. The van der Waals surface area contributed by atoms with E-state index in [1.165, 1.54) is 11.0 Å². The topological polar surface area (TPSA) is 98.7 Å². The van der Waals surface area contributed by atoms with E-state index in [2.05, 4.69) is 17.2 Å². The largest absolute Gasteiger partial charge is 0.480 e. The summed E-state index contributed by atoms with van der Waals surface area (Å²) in [5.74, 6) is -1.12. The lowest BCUT2D eigenvalue weighted by Crippen LogP contribution is -2.45. The Morgan fingerprint density at radius 3 is 2.45 bits per heavy atom. The maximum atomic E-state index is 11.6. The molecule has 0 aliphatic heterocycles. The molecule has 3 N–H and O–H groups in total. The molecule has 7 heteroatoms. The van der Waals surface area contributed by atoms with Crippen molar-refractivity contribution in [2.75, 3.05) is 26.2 Å². The average Bonchev–Trinajstić information content (AvgIpc) is 2.27. The summed E-state index contributed by atoms with van der Waals surface area (Å²) in [4.78, 5) is 34.9. The van der Waals surface area contributed by atoms with Crippen LogP contribution in [0.4, 0.5) is 4.79 Å². The lowest BCUT2D eigenvalue weighted by atomic mass is 10.1. The average molecular weight is 285 g/mol. The monoisotopic (exact) mass is 285 g/mol. The second kappa shape index (κ2) is 9.96. The van der Waals surface area contributed by atoms with Gasteiger partial charge in [-0.1, -0.05) is 19.9 Å². The Morgan fingerprint density at radius 2 is 1.95 bits per heavy atom. The zero-order valence-electron chi connectivity index (χ0n) is 12.0. The van der Waals surface area contributed by atoms with Gasteiger partial charge in [0.1, 0.15) is 0 Å². The van der Waals surface area contributed by atoms with Gasteiger partial charge in [-0.15, -0.1) is 6.58 Å². The second-order valence-electron chi connectivity index (χ2n) is 4.84. The number of urea groups is 1. The number of rotatable bonds is 9. The van der Waals surface area contributed by atoms with E-state index in [0.29, 0.717) is 12.5 Å². The van der Waals surface area contributed by atoms with E-state index in [4.69, 9.17) is 5.11 Å². The molecule has 0 aliphatic rings. The predicted molar refractivity (Wildman–Crippen MR) is 75.3 cm³/mol. The molecule has 0 saturated carbocycles. The molecule has 0 aromatic carbocycles. The molecular weight excluding hydrogens is 262 g/mol. The Balaban J connectivity index is 4.07. The fourth-order valence-corrected chi connectivity index (χ4v) is 1.45. The molecule has 0 aromatic heterocycles. The van der Waals surface area contributed by atoms with Gasteiger partial charge in [0, 0.05) is 13.1 Å². The predicted octanol–water partition coefficient (Wildman–Crippen LogP) is 0.431. The van der Waals surface area contributed by atoms with E-state index >= 15 is 0 Å². The van der Waals surface area contributed by atoms with Crippen LogP contribution in [0.15, 0.2) is 12.7 Å². The summed E-state index contributed by atoms with van der Waals surface area (Å²) in [7, 11) is 0. The van der Waals surface area contributed by atoms with Crippen LogP contribution >= 0.6 is 0 Å². The van der Waals surface area contributed by atoms with E-state index in [9.17, 15) is 14.4 Å². The van der Waals surface area contributed by atoms with Crippen molar-refractivity contribution in [3.8, 4) is 0 Å². The maximum Gasteiger partial charge on any atom is 0.321 e. The normalized spacial score (nSPS) is 10.4. The van der Waals surface area contributed by atoms with Crippen molar-refractivity contribution >= 4 is 17.9 Å². The standard InChI is InChI=1S/C13H23N3O4/c1-4-7-16(9-12(18)19)8-11(17)15-13(20)14-6-5-10(2)3/h4,10H,1,5-9H2,2-3H3,(H,18,19)(H2,14,15,17,20). The first-order valence-electron chi connectivity index (χ1n) is 6.47. The molecule has 3 amide bonds. The molecule has 114 valence electrons. The smallest absolute Gasteiger partial charge is 0.321 e. The number of carbonyl (C=O) groups is 3. The van der Waals surface area contributed by atoms with E-state index in [0.717, 1.165) is 6.42 Å². The van der Waals surface area contributed by atoms with E-state index in [1.54, 1.807) is 0 Å². The van der Waals surface area contributed by atoms with Crippen molar-refractivity contribution in [1.82, 2.24) is 15.5 Å². The summed E-state index contributed by atoms with van der Waals surface area (Å²) in [6, 6.07) is -0.565. The van der Waals surface area contributed by atoms with Crippen molar-refractivity contribution in [2.45, 2.75) is 20.3 Å². The quantitative estimate of drug-likeness (QED) is 0.534. The Kier molecular flexibility index (Phi) is 9.02. The molecule has 7 nitrogen and oxygen atoms in total. The molecular formula is C13H23N3O4. The minimum Gasteiger partial charge on any atom is -0.480 e. The van der Waals surface area contributed by atoms with Crippen LogP contribution in [-0.2, 0) is 9.59 Å². The van der Waals surface area contributed by atoms with Crippen molar-refractivity contribution in [1.29, 1.82) is 0 Å². The van der Waals surface area contributed by atoms with Crippen LogP contribution in [0.25, 0.3) is 0 Å². The molecule has 0 atom stereocenters. The van der Waals surface area contributed by atoms with Crippen LogP contribution in [0.5, 0.6) is 0 Å². The highest BCUT2D eigenvalue weighted by Gasteiger charge is 2.14. The van der Waals surface area contributed by atoms with Crippen LogP contribution in [0.3, 0.4) is 0 Å². The first-order chi connectivity index (χ1) is 9.35. The highest BCUT2D eigenvalue weighted by atomic mass is 16.4. The number of carbonyl (C=O) groups excluding carboxylic acids is 2. The third kappa shape index (κ3) is 10.1.